The van der Waals surface area contributed by atoms with Crippen molar-refractivity contribution in [2.24, 2.45) is 22.2 Å². The molecule has 3 rings (SSSR count). The standard InChI is InChI=1S/C33H42N14O12/c34-25(53)19(10-22(49)50)45-28(55)17(2-1-9-38-32(35)36)43-29(56)20(11-23(51)52)42-21(48)8-7-18(31(58)59)44-27(54)14-3-5-15(6-4-14)39-12-16-13-40-26-24(41-16)30(57)47-33(37)46-26/h3-6,13,17-20,39H,1-2,7-12H2,(H2,34,53)(H,42,48)(H,43,56)(H,44,54)(H,45,55)(H,49,50)(H,51,52)(H,58,59)(H4,35,36,38)(H3,37,40,46,47,57)/t17-,18-,19?,20?/m0/s1. The number of nitrogens with one attached hydrogen (secondary N) is 6. The summed E-state index contributed by atoms with van der Waals surface area (Å²) in [5.74, 6) is -10.2. The smallest absolute Gasteiger partial charge is 0.326 e. The van der Waals surface area contributed by atoms with Crippen LogP contribution in [0.25, 0.3) is 11.2 Å². The number of H-pyrrole nitrogens is 1. The fourth-order valence-corrected chi connectivity index (χ4v) is 5.13. The fraction of sp³-hybridized carbons (Fsp3) is 0.364. The molecule has 2 unspecified atom stereocenters. The highest BCUT2D eigenvalue weighted by Gasteiger charge is 2.31. The number of aromatic nitrogens is 4. The number of hydrogen-bond acceptors (Lipinski definition) is 15. The first-order chi connectivity index (χ1) is 27.8. The van der Waals surface area contributed by atoms with E-state index in [1.165, 1.54) is 30.5 Å². The molecule has 0 saturated heterocycles. The maximum atomic E-state index is 13.2. The molecule has 0 aliphatic heterocycles. The van der Waals surface area contributed by atoms with E-state index >= 15 is 0 Å². The van der Waals surface area contributed by atoms with E-state index in [2.05, 4.69) is 51.5 Å². The number of fused-ring (bicyclic) bond motifs is 1. The van der Waals surface area contributed by atoms with Gasteiger partial charge in [-0.3, -0.25) is 48.3 Å². The van der Waals surface area contributed by atoms with Crippen molar-refractivity contribution in [2.75, 3.05) is 17.6 Å². The number of carboxylic acids is 3. The largest absolute Gasteiger partial charge is 0.481 e. The van der Waals surface area contributed by atoms with Gasteiger partial charge in [-0.15, -0.1) is 0 Å². The average Bonchev–Trinajstić information content (AvgIpc) is 3.15. The van der Waals surface area contributed by atoms with Gasteiger partial charge in [-0.1, -0.05) is 0 Å². The van der Waals surface area contributed by atoms with E-state index in [0.717, 1.165) is 0 Å². The van der Waals surface area contributed by atoms with Gasteiger partial charge in [0.25, 0.3) is 11.5 Å². The lowest BCUT2D eigenvalue weighted by Gasteiger charge is -2.24. The van der Waals surface area contributed by atoms with Gasteiger partial charge < -0.3 is 64.8 Å². The van der Waals surface area contributed by atoms with E-state index in [4.69, 9.17) is 28.0 Å². The first-order valence-corrected chi connectivity index (χ1v) is 17.4. The molecule has 0 radical (unpaired) electrons. The number of guanidine groups is 1. The number of nitrogen functional groups attached to an aromatic ring is 1. The second-order valence-electron chi connectivity index (χ2n) is 12.6. The number of carbonyl (C=O) groups excluding carboxylic acids is 5. The van der Waals surface area contributed by atoms with Gasteiger partial charge in [0.05, 0.1) is 31.3 Å². The number of benzene rings is 1. The van der Waals surface area contributed by atoms with Crippen LogP contribution in [0.3, 0.4) is 0 Å². The molecule has 1 aromatic carbocycles. The monoisotopic (exact) mass is 826 g/mol. The lowest BCUT2D eigenvalue weighted by molar-refractivity contribution is -0.141. The topological polar surface area (TPSA) is 445 Å². The van der Waals surface area contributed by atoms with E-state index in [9.17, 15) is 53.4 Å². The molecule has 26 heteroatoms. The van der Waals surface area contributed by atoms with Crippen molar-refractivity contribution in [3.63, 3.8) is 0 Å². The van der Waals surface area contributed by atoms with Crippen molar-refractivity contribution in [1.82, 2.24) is 41.2 Å². The number of aromatic amines is 1. The molecular formula is C33H42N14O12. The minimum absolute atomic E-state index is 0.0148. The molecule has 0 spiro atoms. The summed E-state index contributed by atoms with van der Waals surface area (Å²) in [6, 6.07) is -0.827. The Labute approximate surface area is 332 Å². The van der Waals surface area contributed by atoms with Crippen LogP contribution in [0.4, 0.5) is 11.6 Å². The Hall–Kier alpha value is -7.93. The Morgan fingerprint density at radius 3 is 2.02 bits per heavy atom. The third-order valence-electron chi connectivity index (χ3n) is 8.02. The summed E-state index contributed by atoms with van der Waals surface area (Å²) in [4.78, 5) is 129. The van der Waals surface area contributed by atoms with Crippen LogP contribution in [-0.4, -0.2) is 119 Å². The number of aliphatic carboxylic acids is 3. The molecule has 0 saturated carbocycles. The molecule has 2 heterocycles. The number of nitrogens with zero attached hydrogens (tertiary/aromatic N) is 4. The summed E-state index contributed by atoms with van der Waals surface area (Å²) < 4.78 is 0. The van der Waals surface area contributed by atoms with Crippen molar-refractivity contribution in [1.29, 1.82) is 0 Å². The molecular weight excluding hydrogens is 784 g/mol. The second-order valence-corrected chi connectivity index (χ2v) is 12.6. The van der Waals surface area contributed by atoms with Gasteiger partial charge in [0.1, 0.15) is 24.2 Å². The molecule has 59 heavy (non-hydrogen) atoms. The number of aliphatic imine (C=N–C) groups is 1. The summed E-state index contributed by atoms with van der Waals surface area (Å²) in [5.41, 5.74) is 21.7. The molecule has 0 aliphatic carbocycles. The summed E-state index contributed by atoms with van der Waals surface area (Å²) in [5, 5.41) is 40.1. The molecule has 17 N–H and O–H groups in total. The summed E-state index contributed by atoms with van der Waals surface area (Å²) in [7, 11) is 0. The van der Waals surface area contributed by atoms with Crippen LogP contribution < -0.4 is 55.1 Å². The lowest BCUT2D eigenvalue weighted by atomic mass is 10.1. The molecule has 3 aromatic rings. The lowest BCUT2D eigenvalue weighted by Crippen LogP contribution is -2.57. The van der Waals surface area contributed by atoms with E-state index in [-0.39, 0.29) is 54.6 Å². The van der Waals surface area contributed by atoms with E-state index < -0.39 is 103 Å². The van der Waals surface area contributed by atoms with Gasteiger partial charge in [0, 0.05) is 24.2 Å². The maximum absolute atomic E-state index is 13.2. The Balaban J connectivity index is 1.61. The van der Waals surface area contributed by atoms with Crippen LogP contribution in [0.2, 0.25) is 0 Å². The van der Waals surface area contributed by atoms with Crippen molar-refractivity contribution >= 4 is 76.2 Å². The number of primary amides is 1. The van der Waals surface area contributed by atoms with Gasteiger partial charge in [0.2, 0.25) is 29.6 Å². The Bertz CT molecular complexity index is 2160. The highest BCUT2D eigenvalue weighted by atomic mass is 16.4. The van der Waals surface area contributed by atoms with Crippen molar-refractivity contribution in [2.45, 2.75) is 69.2 Å². The minimum atomic E-state index is -1.81. The summed E-state index contributed by atoms with van der Waals surface area (Å²) in [6.45, 7) is 0.0948. The fourth-order valence-electron chi connectivity index (χ4n) is 5.13. The SMILES string of the molecule is NC(=O)C(CC(=O)O)NC(=O)[C@H](CCCN=C(N)N)NC(=O)C(CC(=O)O)NC(=O)CC[C@H](NC(=O)c1ccc(NCc2cnc3nc(N)[nH]c(=O)c3n2)cc1)C(=O)O. The molecule has 316 valence electrons. The van der Waals surface area contributed by atoms with Crippen LogP contribution in [0, 0.1) is 0 Å². The number of rotatable bonds is 23. The van der Waals surface area contributed by atoms with Crippen LogP contribution in [0.5, 0.6) is 0 Å². The molecule has 5 amide bonds. The third kappa shape index (κ3) is 14.9. The Morgan fingerprint density at radius 2 is 1.41 bits per heavy atom. The molecule has 0 aliphatic rings. The number of anilines is 2. The molecule has 26 nitrogen and oxygen atoms in total. The number of nitrogens with two attached hydrogens (primary N) is 4. The molecule has 0 fully saturated rings. The van der Waals surface area contributed by atoms with Crippen molar-refractivity contribution in [3.05, 3.63) is 52.1 Å². The number of hydrogen-bond donors (Lipinski definition) is 13. The van der Waals surface area contributed by atoms with E-state index in [0.29, 0.717) is 11.4 Å². The zero-order valence-electron chi connectivity index (χ0n) is 31.0. The van der Waals surface area contributed by atoms with Gasteiger partial charge >= 0.3 is 17.9 Å². The van der Waals surface area contributed by atoms with E-state index in [1.807, 2.05) is 0 Å². The first kappa shape index (κ1) is 45.5. The van der Waals surface area contributed by atoms with Crippen molar-refractivity contribution in [3.8, 4) is 0 Å². The summed E-state index contributed by atoms with van der Waals surface area (Å²) in [6.07, 6.45) is -1.76. The van der Waals surface area contributed by atoms with Gasteiger partial charge in [-0.25, -0.2) is 14.8 Å². The minimum Gasteiger partial charge on any atom is -0.481 e. The Morgan fingerprint density at radius 1 is 0.780 bits per heavy atom. The number of carboxylic acid groups (broad SMARTS) is 3. The predicted molar refractivity (Wildman–Crippen MR) is 204 cm³/mol. The highest BCUT2D eigenvalue weighted by molar-refractivity contribution is 5.98. The maximum Gasteiger partial charge on any atom is 0.326 e. The third-order valence-corrected chi connectivity index (χ3v) is 8.02. The van der Waals surface area contributed by atoms with Gasteiger partial charge in [-0.2, -0.15) is 4.98 Å². The Kier molecular flexibility index (Phi) is 16.5. The quantitative estimate of drug-likeness (QED) is 0.0245. The number of carbonyl (C=O) groups is 8. The van der Waals surface area contributed by atoms with Crippen LogP contribution in [-0.2, 0) is 40.1 Å². The zero-order chi connectivity index (χ0) is 43.8. The number of amides is 5. The normalized spacial score (nSPS) is 12.7. The molecule has 0 bridgehead atoms. The molecule has 4 atom stereocenters. The average molecular weight is 827 g/mol. The van der Waals surface area contributed by atoms with E-state index in [1.54, 1.807) is 0 Å². The van der Waals surface area contributed by atoms with Crippen LogP contribution in [0.15, 0.2) is 40.2 Å². The molecule has 2 aromatic heterocycles. The summed E-state index contributed by atoms with van der Waals surface area (Å²) >= 11 is 0. The van der Waals surface area contributed by atoms with Crippen LogP contribution in [0.1, 0.15) is 54.6 Å². The van der Waals surface area contributed by atoms with Gasteiger partial charge in [0.15, 0.2) is 17.1 Å². The van der Waals surface area contributed by atoms with Crippen LogP contribution >= 0.6 is 0 Å². The highest BCUT2D eigenvalue weighted by Crippen LogP contribution is 2.13. The second kappa shape index (κ2) is 21.4. The predicted octanol–water partition coefficient (Wildman–Crippen LogP) is -4.19. The zero-order valence-corrected chi connectivity index (χ0v) is 31.0. The van der Waals surface area contributed by atoms with Gasteiger partial charge in [-0.05, 0) is 43.5 Å². The van der Waals surface area contributed by atoms with Crippen molar-refractivity contribution < 1.29 is 53.7 Å². The first-order valence-electron chi connectivity index (χ1n) is 17.4.